The van der Waals surface area contributed by atoms with Crippen molar-refractivity contribution in [1.82, 2.24) is 10.2 Å². The van der Waals surface area contributed by atoms with Crippen molar-refractivity contribution in [2.45, 2.75) is 57.5 Å². The van der Waals surface area contributed by atoms with Crippen LogP contribution in [0.1, 0.15) is 56.6 Å². The molecule has 1 aliphatic carbocycles. The summed E-state index contributed by atoms with van der Waals surface area (Å²) < 4.78 is 5.64. The highest BCUT2D eigenvalue weighted by Crippen LogP contribution is 2.44. The summed E-state index contributed by atoms with van der Waals surface area (Å²) in [5.41, 5.74) is 4.55. The predicted octanol–water partition coefficient (Wildman–Crippen LogP) is 4.41. The fourth-order valence-electron chi connectivity index (χ4n) is 5.22. The van der Waals surface area contributed by atoms with Gasteiger partial charge in [-0.15, -0.1) is 0 Å². The number of hydrogen-bond acceptors (Lipinski definition) is 4. The van der Waals surface area contributed by atoms with Crippen molar-refractivity contribution in [3.63, 3.8) is 0 Å². The van der Waals surface area contributed by atoms with E-state index >= 15 is 0 Å². The zero-order valence-electron chi connectivity index (χ0n) is 19.7. The van der Waals surface area contributed by atoms with E-state index in [1.54, 1.807) is 4.90 Å². The number of alkyl carbamates (subject to hydrolysis) is 1. The van der Waals surface area contributed by atoms with E-state index in [1.807, 2.05) is 38.1 Å². The minimum Gasteiger partial charge on any atom is -0.481 e. The molecule has 34 heavy (non-hydrogen) atoms. The van der Waals surface area contributed by atoms with Gasteiger partial charge in [0.2, 0.25) is 5.91 Å². The number of hydrogen-bond donors (Lipinski definition) is 2. The van der Waals surface area contributed by atoms with Crippen LogP contribution in [0, 0.1) is 5.92 Å². The lowest BCUT2D eigenvalue weighted by Crippen LogP contribution is -2.51. The third-order valence-corrected chi connectivity index (χ3v) is 6.71. The van der Waals surface area contributed by atoms with Crippen molar-refractivity contribution in [1.29, 1.82) is 0 Å². The Morgan fingerprint density at radius 1 is 1.06 bits per heavy atom. The van der Waals surface area contributed by atoms with Gasteiger partial charge in [0, 0.05) is 18.5 Å². The summed E-state index contributed by atoms with van der Waals surface area (Å²) in [6.07, 6.45) is 1.18. The molecule has 1 fully saturated rings. The van der Waals surface area contributed by atoms with E-state index < -0.39 is 18.1 Å². The van der Waals surface area contributed by atoms with Gasteiger partial charge in [-0.2, -0.15) is 0 Å². The molecule has 1 heterocycles. The topological polar surface area (TPSA) is 95.9 Å². The van der Waals surface area contributed by atoms with Crippen LogP contribution in [0.3, 0.4) is 0 Å². The Labute approximate surface area is 200 Å². The Balaban J connectivity index is 1.43. The minimum absolute atomic E-state index is 0.0593. The van der Waals surface area contributed by atoms with Gasteiger partial charge in [0.15, 0.2) is 0 Å². The Hall–Kier alpha value is -3.35. The number of nitrogens with zero attached hydrogens (tertiary/aromatic N) is 1. The van der Waals surface area contributed by atoms with Crippen LogP contribution >= 0.6 is 0 Å². The van der Waals surface area contributed by atoms with Gasteiger partial charge in [0.25, 0.3) is 0 Å². The summed E-state index contributed by atoms with van der Waals surface area (Å²) in [6.45, 7) is 4.66. The quantitative estimate of drug-likeness (QED) is 0.604. The van der Waals surface area contributed by atoms with Gasteiger partial charge >= 0.3 is 12.1 Å². The third kappa shape index (κ3) is 5.08. The maximum absolute atomic E-state index is 13.3. The molecule has 7 heteroatoms. The van der Waals surface area contributed by atoms with E-state index in [-0.39, 0.29) is 36.8 Å². The second-order valence-corrected chi connectivity index (χ2v) is 9.58. The van der Waals surface area contributed by atoms with E-state index in [2.05, 4.69) is 29.6 Å². The SMILES string of the molecule is CC(C)C[C@H](NC(=O)OCC1c2ccccc2-c2ccccc21)C(=O)N1CCC[C@H]1CC(=O)O. The van der Waals surface area contributed by atoms with Gasteiger partial charge in [0.05, 0.1) is 6.42 Å². The Morgan fingerprint density at radius 3 is 2.26 bits per heavy atom. The van der Waals surface area contributed by atoms with Crippen LogP contribution in [-0.2, 0) is 14.3 Å². The van der Waals surface area contributed by atoms with Crippen LogP contribution in [0.5, 0.6) is 0 Å². The number of carbonyl (C=O) groups excluding carboxylic acids is 2. The van der Waals surface area contributed by atoms with E-state index in [9.17, 15) is 19.5 Å². The van der Waals surface area contributed by atoms with Crippen LogP contribution < -0.4 is 5.32 Å². The highest BCUT2D eigenvalue weighted by molar-refractivity contribution is 5.86. The lowest BCUT2D eigenvalue weighted by Gasteiger charge is -2.29. The van der Waals surface area contributed by atoms with E-state index in [0.29, 0.717) is 19.4 Å². The number of fused-ring (bicyclic) bond motifs is 3. The molecule has 4 rings (SSSR count). The average Bonchev–Trinajstić information content (AvgIpc) is 3.38. The van der Waals surface area contributed by atoms with Crippen LogP contribution in [0.2, 0.25) is 0 Å². The van der Waals surface area contributed by atoms with Crippen LogP contribution in [-0.4, -0.2) is 53.2 Å². The van der Waals surface area contributed by atoms with Crippen LogP contribution in [0.25, 0.3) is 11.1 Å². The number of amides is 2. The Morgan fingerprint density at radius 2 is 1.68 bits per heavy atom. The summed E-state index contributed by atoms with van der Waals surface area (Å²) >= 11 is 0. The molecule has 2 aliphatic rings. The summed E-state index contributed by atoms with van der Waals surface area (Å²) in [7, 11) is 0. The molecule has 0 aromatic heterocycles. The molecule has 0 bridgehead atoms. The third-order valence-electron chi connectivity index (χ3n) is 6.71. The highest BCUT2D eigenvalue weighted by Gasteiger charge is 2.36. The van der Waals surface area contributed by atoms with E-state index in [4.69, 9.17) is 4.74 Å². The molecule has 2 N–H and O–H groups in total. The average molecular weight is 465 g/mol. The van der Waals surface area contributed by atoms with Gasteiger partial charge in [-0.05, 0) is 47.4 Å². The maximum atomic E-state index is 13.3. The molecule has 0 saturated carbocycles. The molecular weight excluding hydrogens is 432 g/mol. The number of benzene rings is 2. The molecule has 1 saturated heterocycles. The molecule has 1 aliphatic heterocycles. The molecule has 0 spiro atoms. The smallest absolute Gasteiger partial charge is 0.407 e. The number of carboxylic acid groups (broad SMARTS) is 1. The Kier molecular flexibility index (Phi) is 7.20. The molecular formula is C27H32N2O5. The van der Waals surface area contributed by atoms with Gasteiger partial charge in [-0.3, -0.25) is 9.59 Å². The first-order chi connectivity index (χ1) is 16.3. The second-order valence-electron chi connectivity index (χ2n) is 9.58. The van der Waals surface area contributed by atoms with Crippen LogP contribution in [0.15, 0.2) is 48.5 Å². The molecule has 7 nitrogen and oxygen atoms in total. The van der Waals surface area contributed by atoms with Crippen molar-refractivity contribution in [2.75, 3.05) is 13.2 Å². The number of aliphatic carboxylic acids is 1. The molecule has 2 atom stereocenters. The zero-order valence-corrected chi connectivity index (χ0v) is 19.7. The van der Waals surface area contributed by atoms with Crippen molar-refractivity contribution in [3.05, 3.63) is 59.7 Å². The van der Waals surface area contributed by atoms with Crippen molar-refractivity contribution in [3.8, 4) is 11.1 Å². The number of ether oxygens (including phenoxy) is 1. The number of carboxylic acids is 1. The van der Waals surface area contributed by atoms with E-state index in [0.717, 1.165) is 28.7 Å². The molecule has 0 radical (unpaired) electrons. The lowest BCUT2D eigenvalue weighted by molar-refractivity contribution is -0.140. The van der Waals surface area contributed by atoms with Crippen LogP contribution in [0.4, 0.5) is 4.79 Å². The minimum atomic E-state index is -0.922. The summed E-state index contributed by atoms with van der Waals surface area (Å²) in [6, 6.07) is 15.2. The van der Waals surface area contributed by atoms with Gasteiger partial charge in [-0.1, -0.05) is 62.4 Å². The zero-order chi connectivity index (χ0) is 24.2. The summed E-state index contributed by atoms with van der Waals surface area (Å²) in [5, 5.41) is 12.0. The summed E-state index contributed by atoms with van der Waals surface area (Å²) in [5.74, 6) is -1.04. The Bertz CT molecular complexity index is 1020. The summed E-state index contributed by atoms with van der Waals surface area (Å²) in [4.78, 5) is 38.9. The second kappa shape index (κ2) is 10.3. The van der Waals surface area contributed by atoms with Gasteiger partial charge < -0.3 is 20.1 Å². The highest BCUT2D eigenvalue weighted by atomic mass is 16.5. The fourth-order valence-corrected chi connectivity index (χ4v) is 5.22. The first kappa shape index (κ1) is 23.8. The molecule has 2 aromatic carbocycles. The first-order valence-electron chi connectivity index (χ1n) is 12.0. The standard InChI is InChI=1S/C27H32N2O5/c1-17(2)14-24(26(32)29-13-7-8-18(29)15-25(30)31)28-27(33)34-16-23-21-11-5-3-9-19(21)20-10-4-6-12-22(20)23/h3-6,9-12,17-18,23-24H,7-8,13-16H2,1-2H3,(H,28,33)(H,30,31)/t18-,24-/m0/s1. The number of carbonyl (C=O) groups is 3. The normalized spacial score (nSPS) is 17.9. The molecule has 0 unspecified atom stereocenters. The fraction of sp³-hybridized carbons (Fsp3) is 0.444. The molecule has 2 aromatic rings. The number of nitrogens with one attached hydrogen (secondary N) is 1. The van der Waals surface area contributed by atoms with Crippen molar-refractivity contribution < 1.29 is 24.2 Å². The number of rotatable bonds is 8. The van der Waals surface area contributed by atoms with E-state index in [1.165, 1.54) is 0 Å². The molecule has 2 amide bonds. The first-order valence-corrected chi connectivity index (χ1v) is 12.0. The largest absolute Gasteiger partial charge is 0.481 e. The number of likely N-dealkylation sites (tertiary alicyclic amines) is 1. The lowest BCUT2D eigenvalue weighted by atomic mass is 9.98. The van der Waals surface area contributed by atoms with Crippen molar-refractivity contribution in [2.24, 2.45) is 5.92 Å². The van der Waals surface area contributed by atoms with Gasteiger partial charge in [0.1, 0.15) is 12.6 Å². The predicted molar refractivity (Wildman–Crippen MR) is 128 cm³/mol. The van der Waals surface area contributed by atoms with Gasteiger partial charge in [-0.25, -0.2) is 4.79 Å². The molecule has 180 valence electrons. The monoisotopic (exact) mass is 464 g/mol. The van der Waals surface area contributed by atoms with Crippen molar-refractivity contribution >= 4 is 18.0 Å². The maximum Gasteiger partial charge on any atom is 0.407 e.